The van der Waals surface area contributed by atoms with E-state index in [9.17, 15) is 14.3 Å². The molecule has 0 spiro atoms. The molecule has 0 saturated carbocycles. The van der Waals surface area contributed by atoms with Gasteiger partial charge in [0.2, 0.25) is 0 Å². The molecule has 2 fully saturated rings. The van der Waals surface area contributed by atoms with Crippen molar-refractivity contribution < 1.29 is 14.3 Å². The average Bonchev–Trinajstić information content (AvgIpc) is 2.88. The number of aromatic hydroxyl groups is 1. The number of rotatable bonds is 3. The highest BCUT2D eigenvalue weighted by Crippen LogP contribution is 2.25. The van der Waals surface area contributed by atoms with Crippen LogP contribution in [0.25, 0.3) is 0 Å². The van der Waals surface area contributed by atoms with Gasteiger partial charge >= 0.3 is 0 Å². The zero-order chi connectivity index (χ0) is 15.0. The summed E-state index contributed by atoms with van der Waals surface area (Å²) in [6, 6.07) is 4.36. The average molecular weight is 292 g/mol. The lowest BCUT2D eigenvalue weighted by atomic mass is 10.0. The lowest BCUT2D eigenvalue weighted by Gasteiger charge is -2.42. The Kier molecular flexibility index (Phi) is 3.95. The topological polar surface area (TPSA) is 43.8 Å². The fraction of sp³-hybridized carbons (Fsp3) is 0.562. The van der Waals surface area contributed by atoms with E-state index in [4.69, 9.17) is 0 Å². The van der Waals surface area contributed by atoms with Gasteiger partial charge in [-0.2, -0.15) is 0 Å². The molecular formula is C16H21FN2O2. The number of fused-ring (bicyclic) bond motifs is 1. The molecule has 3 rings (SSSR count). The van der Waals surface area contributed by atoms with Crippen LogP contribution in [0.5, 0.6) is 5.75 Å². The van der Waals surface area contributed by atoms with Crippen molar-refractivity contribution in [3.63, 3.8) is 0 Å². The fourth-order valence-corrected chi connectivity index (χ4v) is 3.47. The molecule has 0 bridgehead atoms. The van der Waals surface area contributed by atoms with Gasteiger partial charge in [-0.1, -0.05) is 0 Å². The molecule has 21 heavy (non-hydrogen) atoms. The van der Waals surface area contributed by atoms with Crippen LogP contribution in [-0.2, 0) is 0 Å². The number of phenols is 1. The first kappa shape index (κ1) is 14.5. The molecule has 2 aliphatic rings. The van der Waals surface area contributed by atoms with Crippen molar-refractivity contribution in [3.8, 4) is 5.75 Å². The molecule has 1 aromatic carbocycles. The third-order valence-electron chi connectivity index (χ3n) is 4.67. The molecule has 5 heteroatoms. The molecule has 1 aromatic rings. The molecule has 2 unspecified atom stereocenters. The predicted molar refractivity (Wildman–Crippen MR) is 78.0 cm³/mol. The van der Waals surface area contributed by atoms with Crippen LogP contribution in [0.2, 0.25) is 0 Å². The number of benzene rings is 1. The largest absolute Gasteiger partial charge is 0.507 e. The summed E-state index contributed by atoms with van der Waals surface area (Å²) in [7, 11) is 0. The third kappa shape index (κ3) is 2.94. The molecule has 0 amide bonds. The fourth-order valence-electron chi connectivity index (χ4n) is 3.47. The van der Waals surface area contributed by atoms with E-state index in [1.54, 1.807) is 0 Å². The number of carbonyl (C=O) groups excluding carboxylic acids is 1. The van der Waals surface area contributed by atoms with Crippen LogP contribution in [0.4, 0.5) is 4.39 Å². The van der Waals surface area contributed by atoms with Crippen molar-refractivity contribution in [3.05, 3.63) is 29.6 Å². The van der Waals surface area contributed by atoms with Gasteiger partial charge in [-0.05, 0) is 44.5 Å². The van der Waals surface area contributed by atoms with E-state index in [2.05, 4.69) is 16.7 Å². The number of ketones is 1. The van der Waals surface area contributed by atoms with Gasteiger partial charge in [-0.25, -0.2) is 4.39 Å². The Morgan fingerprint density at radius 2 is 2.24 bits per heavy atom. The number of Topliss-reactive ketones (excluding diaryl/α,β-unsaturated/α-hetero) is 1. The first-order valence-corrected chi connectivity index (χ1v) is 7.54. The molecule has 0 aliphatic carbocycles. The highest BCUT2D eigenvalue weighted by molar-refractivity contribution is 6.00. The number of hydrogen-bond donors (Lipinski definition) is 1. The first-order valence-electron chi connectivity index (χ1n) is 7.54. The molecule has 2 aliphatic heterocycles. The standard InChI is InChI=1S/C16H21FN2O2/c1-11-8-18-6-2-3-13(18)9-19(11)10-16(21)14-7-12(17)4-5-15(14)20/h4-5,7,11,13,20H,2-3,6,8-10H2,1H3. The second-order valence-corrected chi connectivity index (χ2v) is 6.15. The Morgan fingerprint density at radius 3 is 3.05 bits per heavy atom. The minimum absolute atomic E-state index is 0.0797. The lowest BCUT2D eigenvalue weighted by molar-refractivity contribution is 0.0534. The Labute approximate surface area is 124 Å². The minimum Gasteiger partial charge on any atom is -0.507 e. The van der Waals surface area contributed by atoms with Gasteiger partial charge in [-0.3, -0.25) is 14.6 Å². The van der Waals surface area contributed by atoms with Crippen molar-refractivity contribution in [1.29, 1.82) is 0 Å². The van der Waals surface area contributed by atoms with Crippen LogP contribution < -0.4 is 0 Å². The summed E-state index contributed by atoms with van der Waals surface area (Å²) in [4.78, 5) is 17.0. The van der Waals surface area contributed by atoms with E-state index in [-0.39, 0.29) is 23.6 Å². The molecule has 2 heterocycles. The molecule has 2 atom stereocenters. The monoisotopic (exact) mass is 292 g/mol. The van der Waals surface area contributed by atoms with Crippen molar-refractivity contribution in [2.75, 3.05) is 26.2 Å². The molecule has 4 nitrogen and oxygen atoms in total. The second kappa shape index (κ2) is 5.73. The number of carbonyl (C=O) groups is 1. The first-order chi connectivity index (χ1) is 10.0. The third-order valence-corrected chi connectivity index (χ3v) is 4.67. The van der Waals surface area contributed by atoms with Gasteiger partial charge < -0.3 is 5.11 Å². The molecule has 0 aromatic heterocycles. The Balaban J connectivity index is 1.70. The Bertz CT molecular complexity index is 549. The van der Waals surface area contributed by atoms with E-state index in [0.29, 0.717) is 12.1 Å². The number of hydrogen-bond acceptors (Lipinski definition) is 4. The predicted octanol–water partition coefficient (Wildman–Crippen LogP) is 1.88. The number of halogens is 1. The van der Waals surface area contributed by atoms with E-state index < -0.39 is 5.82 Å². The number of nitrogens with zero attached hydrogens (tertiary/aromatic N) is 2. The maximum Gasteiger partial charge on any atom is 0.180 e. The van der Waals surface area contributed by atoms with Gasteiger partial charge in [0.15, 0.2) is 5.78 Å². The normalized spacial score (nSPS) is 26.8. The van der Waals surface area contributed by atoms with Crippen molar-refractivity contribution in [2.45, 2.75) is 31.8 Å². The van der Waals surface area contributed by atoms with Crippen LogP contribution in [0.1, 0.15) is 30.1 Å². The molecular weight excluding hydrogens is 271 g/mol. The lowest BCUT2D eigenvalue weighted by Crippen LogP contribution is -2.55. The maximum absolute atomic E-state index is 13.3. The number of piperazine rings is 1. The van der Waals surface area contributed by atoms with Crippen molar-refractivity contribution >= 4 is 5.78 Å². The van der Waals surface area contributed by atoms with E-state index in [1.165, 1.54) is 18.9 Å². The molecule has 1 N–H and O–H groups in total. The minimum atomic E-state index is -0.496. The summed E-state index contributed by atoms with van der Waals surface area (Å²) in [6.07, 6.45) is 2.41. The van der Waals surface area contributed by atoms with Gasteiger partial charge in [-0.15, -0.1) is 0 Å². The maximum atomic E-state index is 13.3. The van der Waals surface area contributed by atoms with Crippen LogP contribution in [0, 0.1) is 5.82 Å². The quantitative estimate of drug-likeness (QED) is 0.864. The van der Waals surface area contributed by atoms with E-state index in [1.807, 2.05) is 0 Å². The summed E-state index contributed by atoms with van der Waals surface area (Å²) in [5.41, 5.74) is 0.0797. The van der Waals surface area contributed by atoms with E-state index in [0.717, 1.165) is 31.8 Å². The van der Waals surface area contributed by atoms with Crippen LogP contribution in [0.3, 0.4) is 0 Å². The van der Waals surface area contributed by atoms with Crippen LogP contribution in [0.15, 0.2) is 18.2 Å². The number of phenolic OH excluding ortho intramolecular Hbond substituents is 1. The zero-order valence-electron chi connectivity index (χ0n) is 12.3. The van der Waals surface area contributed by atoms with Gasteiger partial charge in [0.05, 0.1) is 12.1 Å². The molecule has 2 saturated heterocycles. The Hall–Kier alpha value is -1.46. The van der Waals surface area contributed by atoms with Crippen LogP contribution >= 0.6 is 0 Å². The summed E-state index contributed by atoms with van der Waals surface area (Å²) >= 11 is 0. The van der Waals surface area contributed by atoms with Gasteiger partial charge in [0, 0.05) is 25.2 Å². The summed E-state index contributed by atoms with van der Waals surface area (Å²) < 4.78 is 13.3. The summed E-state index contributed by atoms with van der Waals surface area (Å²) in [5, 5.41) is 9.74. The Morgan fingerprint density at radius 1 is 1.43 bits per heavy atom. The van der Waals surface area contributed by atoms with Crippen LogP contribution in [-0.4, -0.2) is 59.0 Å². The smallest absolute Gasteiger partial charge is 0.180 e. The highest BCUT2D eigenvalue weighted by atomic mass is 19.1. The zero-order valence-corrected chi connectivity index (χ0v) is 12.3. The summed E-state index contributed by atoms with van der Waals surface area (Å²) in [5.74, 6) is -0.858. The van der Waals surface area contributed by atoms with Crippen molar-refractivity contribution in [1.82, 2.24) is 9.80 Å². The molecule has 0 radical (unpaired) electrons. The van der Waals surface area contributed by atoms with Gasteiger partial charge in [0.25, 0.3) is 0 Å². The van der Waals surface area contributed by atoms with Gasteiger partial charge in [0.1, 0.15) is 11.6 Å². The van der Waals surface area contributed by atoms with E-state index >= 15 is 0 Å². The SMILES string of the molecule is CC1CN2CCCC2CN1CC(=O)c1cc(F)ccc1O. The highest BCUT2D eigenvalue weighted by Gasteiger charge is 2.35. The summed E-state index contributed by atoms with van der Waals surface area (Å²) in [6.45, 7) is 5.37. The molecule has 114 valence electrons. The second-order valence-electron chi connectivity index (χ2n) is 6.15. The van der Waals surface area contributed by atoms with Crippen molar-refractivity contribution in [2.24, 2.45) is 0 Å².